The maximum atomic E-state index is 12.6. The first-order chi connectivity index (χ1) is 14.8. The van der Waals surface area contributed by atoms with Crippen LogP contribution in [-0.4, -0.2) is 37.2 Å². The van der Waals surface area contributed by atoms with E-state index in [0.717, 1.165) is 31.8 Å². The van der Waals surface area contributed by atoms with Crippen molar-refractivity contribution in [3.8, 4) is 0 Å². The predicted octanol–water partition coefficient (Wildman–Crippen LogP) is 4.48. The molecule has 1 fully saturated rings. The van der Waals surface area contributed by atoms with Crippen LogP contribution in [0.3, 0.4) is 0 Å². The summed E-state index contributed by atoms with van der Waals surface area (Å²) in [5, 5.41) is 7.32. The summed E-state index contributed by atoms with van der Waals surface area (Å²) in [5.41, 5.74) is 2.79. The molecule has 3 rings (SSSR count). The molecule has 1 aliphatic rings. The van der Waals surface area contributed by atoms with Gasteiger partial charge in [0.1, 0.15) is 11.8 Å². The Balaban J connectivity index is 1.58. The highest BCUT2D eigenvalue weighted by atomic mass is 35.5. The number of hydrogen-bond donors (Lipinski definition) is 2. The SMILES string of the molecule is CC(C)C(NC(=O)c1ccc(Cl)c(Cl)c1)C(=O)N/N=C\c1ccc(N2CCCCC2)o1. The van der Waals surface area contributed by atoms with E-state index >= 15 is 0 Å². The van der Waals surface area contributed by atoms with Crippen LogP contribution >= 0.6 is 23.2 Å². The number of rotatable bonds is 7. The Labute approximate surface area is 191 Å². The molecule has 1 atom stereocenters. The van der Waals surface area contributed by atoms with Crippen molar-refractivity contribution >= 4 is 47.1 Å². The summed E-state index contributed by atoms with van der Waals surface area (Å²) in [6.07, 6.45) is 5.01. The molecule has 1 saturated heterocycles. The second kappa shape index (κ2) is 10.7. The number of amides is 2. The third-order valence-corrected chi connectivity index (χ3v) is 5.80. The van der Waals surface area contributed by atoms with Crippen LogP contribution in [0.2, 0.25) is 10.0 Å². The van der Waals surface area contributed by atoms with Crippen molar-refractivity contribution in [2.75, 3.05) is 18.0 Å². The van der Waals surface area contributed by atoms with Crippen LogP contribution < -0.4 is 15.6 Å². The molecule has 1 aromatic heterocycles. The molecule has 31 heavy (non-hydrogen) atoms. The van der Waals surface area contributed by atoms with Gasteiger partial charge in [0.2, 0.25) is 0 Å². The Bertz CT molecular complexity index is 952. The first-order valence-electron chi connectivity index (χ1n) is 10.3. The number of nitrogens with zero attached hydrogens (tertiary/aromatic N) is 2. The lowest BCUT2D eigenvalue weighted by Gasteiger charge is -2.25. The second-order valence-electron chi connectivity index (χ2n) is 7.78. The van der Waals surface area contributed by atoms with Crippen LogP contribution in [0.25, 0.3) is 0 Å². The molecule has 7 nitrogen and oxygen atoms in total. The number of hydrogen-bond acceptors (Lipinski definition) is 5. The number of hydrazone groups is 1. The lowest BCUT2D eigenvalue weighted by molar-refractivity contribution is -0.123. The van der Waals surface area contributed by atoms with Gasteiger partial charge in [-0.15, -0.1) is 0 Å². The van der Waals surface area contributed by atoms with Gasteiger partial charge in [-0.25, -0.2) is 5.43 Å². The van der Waals surface area contributed by atoms with Gasteiger partial charge in [0.15, 0.2) is 5.88 Å². The van der Waals surface area contributed by atoms with Crippen molar-refractivity contribution in [2.45, 2.75) is 39.2 Å². The smallest absolute Gasteiger partial charge is 0.262 e. The zero-order chi connectivity index (χ0) is 22.4. The van der Waals surface area contributed by atoms with Gasteiger partial charge in [0.05, 0.1) is 16.3 Å². The molecular formula is C22H26Cl2N4O3. The fraction of sp³-hybridized carbons (Fsp3) is 0.409. The maximum Gasteiger partial charge on any atom is 0.262 e. The van der Waals surface area contributed by atoms with Gasteiger partial charge in [-0.2, -0.15) is 5.10 Å². The van der Waals surface area contributed by atoms with E-state index in [0.29, 0.717) is 16.3 Å². The van der Waals surface area contributed by atoms with E-state index in [-0.39, 0.29) is 10.9 Å². The van der Waals surface area contributed by atoms with Gasteiger partial charge >= 0.3 is 0 Å². The molecule has 0 saturated carbocycles. The highest BCUT2D eigenvalue weighted by Crippen LogP contribution is 2.23. The second-order valence-corrected chi connectivity index (χ2v) is 8.60. The van der Waals surface area contributed by atoms with Crippen molar-refractivity contribution in [3.63, 3.8) is 0 Å². The minimum atomic E-state index is -0.778. The molecule has 2 aromatic rings. The highest BCUT2D eigenvalue weighted by Gasteiger charge is 2.25. The third kappa shape index (κ3) is 6.24. The van der Waals surface area contributed by atoms with Crippen molar-refractivity contribution in [1.82, 2.24) is 10.7 Å². The molecule has 1 unspecified atom stereocenters. The Hall–Kier alpha value is -2.51. The number of carbonyl (C=O) groups is 2. The van der Waals surface area contributed by atoms with Crippen molar-refractivity contribution in [2.24, 2.45) is 11.0 Å². The van der Waals surface area contributed by atoms with Crippen molar-refractivity contribution < 1.29 is 14.0 Å². The number of piperidine rings is 1. The topological polar surface area (TPSA) is 86.9 Å². The van der Waals surface area contributed by atoms with E-state index in [2.05, 4.69) is 20.7 Å². The van der Waals surface area contributed by atoms with Crippen molar-refractivity contribution in [3.05, 3.63) is 51.7 Å². The van der Waals surface area contributed by atoms with E-state index in [9.17, 15) is 9.59 Å². The Morgan fingerprint density at radius 3 is 2.52 bits per heavy atom. The monoisotopic (exact) mass is 464 g/mol. The minimum Gasteiger partial charge on any atom is -0.440 e. The number of furan rings is 1. The summed E-state index contributed by atoms with van der Waals surface area (Å²) in [7, 11) is 0. The first-order valence-corrected chi connectivity index (χ1v) is 11.0. The number of halogens is 2. The first kappa shape index (κ1) is 23.2. The van der Waals surface area contributed by atoms with Crippen molar-refractivity contribution in [1.29, 1.82) is 0 Å². The largest absolute Gasteiger partial charge is 0.440 e. The summed E-state index contributed by atoms with van der Waals surface area (Å²) < 4.78 is 5.79. The standard InChI is InChI=1S/C22H26Cl2N4O3/c1-14(2)20(26-21(29)15-6-8-17(23)18(24)12-15)22(30)27-25-13-16-7-9-19(31-16)28-10-4-3-5-11-28/h6-9,12-14,20H,3-5,10-11H2,1-2H3,(H,26,29)(H,27,30)/b25-13-. The minimum absolute atomic E-state index is 0.156. The molecule has 0 spiro atoms. The Kier molecular flexibility index (Phi) is 7.98. The quantitative estimate of drug-likeness (QED) is 0.466. The molecule has 0 radical (unpaired) electrons. The molecule has 2 amide bonds. The number of carbonyl (C=O) groups excluding carboxylic acids is 2. The zero-order valence-electron chi connectivity index (χ0n) is 17.5. The van der Waals surface area contributed by atoms with Crippen LogP contribution in [-0.2, 0) is 4.79 Å². The molecular weight excluding hydrogens is 439 g/mol. The van der Waals surface area contributed by atoms with Crippen LogP contribution in [0.5, 0.6) is 0 Å². The van der Waals surface area contributed by atoms with Crippen LogP contribution in [0.1, 0.15) is 49.2 Å². The molecule has 166 valence electrons. The predicted molar refractivity (Wildman–Crippen MR) is 123 cm³/mol. The lowest BCUT2D eigenvalue weighted by Crippen LogP contribution is -2.48. The molecule has 1 aromatic carbocycles. The lowest BCUT2D eigenvalue weighted by atomic mass is 10.0. The molecule has 0 bridgehead atoms. The summed E-state index contributed by atoms with van der Waals surface area (Å²) in [4.78, 5) is 27.3. The van der Waals surface area contributed by atoms with E-state index < -0.39 is 17.9 Å². The number of benzene rings is 1. The van der Waals surface area contributed by atoms with Gasteiger partial charge in [0.25, 0.3) is 11.8 Å². The maximum absolute atomic E-state index is 12.6. The molecule has 2 heterocycles. The van der Waals surface area contributed by atoms with E-state index in [1.165, 1.54) is 24.8 Å². The summed E-state index contributed by atoms with van der Waals surface area (Å²) in [6, 6.07) is 7.49. The van der Waals surface area contributed by atoms with Gasteiger partial charge in [0, 0.05) is 24.7 Å². The summed E-state index contributed by atoms with van der Waals surface area (Å²) in [5.74, 6) is 0.343. The highest BCUT2D eigenvalue weighted by molar-refractivity contribution is 6.42. The van der Waals surface area contributed by atoms with Gasteiger partial charge in [-0.3, -0.25) is 9.59 Å². The van der Waals surface area contributed by atoms with Crippen LogP contribution in [0, 0.1) is 5.92 Å². The average Bonchev–Trinajstić information content (AvgIpc) is 3.23. The zero-order valence-corrected chi connectivity index (χ0v) is 19.0. The summed E-state index contributed by atoms with van der Waals surface area (Å²) >= 11 is 11.9. The van der Waals surface area contributed by atoms with E-state index in [1.54, 1.807) is 6.07 Å². The van der Waals surface area contributed by atoms with Crippen LogP contribution in [0.4, 0.5) is 5.88 Å². The third-order valence-electron chi connectivity index (χ3n) is 5.06. The fourth-order valence-electron chi connectivity index (χ4n) is 3.32. The molecule has 0 aliphatic carbocycles. The van der Waals surface area contributed by atoms with Crippen LogP contribution in [0.15, 0.2) is 39.9 Å². The Morgan fingerprint density at radius 1 is 1.10 bits per heavy atom. The normalized spacial score (nSPS) is 15.3. The summed E-state index contributed by atoms with van der Waals surface area (Å²) in [6.45, 7) is 5.63. The van der Waals surface area contributed by atoms with Gasteiger partial charge in [-0.05, 0) is 49.4 Å². The Morgan fingerprint density at radius 2 is 1.84 bits per heavy atom. The van der Waals surface area contributed by atoms with Gasteiger partial charge < -0.3 is 14.6 Å². The molecule has 9 heteroatoms. The number of anilines is 1. The van der Waals surface area contributed by atoms with E-state index in [1.807, 2.05) is 26.0 Å². The molecule has 2 N–H and O–H groups in total. The average molecular weight is 465 g/mol. The molecule has 1 aliphatic heterocycles. The number of nitrogens with one attached hydrogen (secondary N) is 2. The van der Waals surface area contributed by atoms with E-state index in [4.69, 9.17) is 27.6 Å². The van der Waals surface area contributed by atoms with Gasteiger partial charge in [-0.1, -0.05) is 37.0 Å². The fourth-order valence-corrected chi connectivity index (χ4v) is 3.62.